The molecule has 1 atom stereocenters. The molecule has 0 radical (unpaired) electrons. The minimum absolute atomic E-state index is 0.00998. The fraction of sp³-hybridized carbons (Fsp3) is 0.238. The summed E-state index contributed by atoms with van der Waals surface area (Å²) in [6.07, 6.45) is 0. The molecule has 0 bridgehead atoms. The number of nitrogens with zero attached hydrogens (tertiary/aromatic N) is 1. The first-order valence-corrected chi connectivity index (χ1v) is 8.54. The minimum atomic E-state index is -0.774. The summed E-state index contributed by atoms with van der Waals surface area (Å²) in [6, 6.07) is 11.1. The molecule has 7 heteroatoms. The quantitative estimate of drug-likeness (QED) is 0.485. The first-order valence-electron chi connectivity index (χ1n) is 8.54. The van der Waals surface area contributed by atoms with Gasteiger partial charge in [-0.3, -0.25) is 9.59 Å². The molecule has 0 unspecified atom stereocenters. The number of carbonyl (C=O) groups is 2. The van der Waals surface area contributed by atoms with E-state index in [-0.39, 0.29) is 11.3 Å². The van der Waals surface area contributed by atoms with Crippen LogP contribution in [-0.4, -0.2) is 50.1 Å². The van der Waals surface area contributed by atoms with Crippen LogP contribution in [0.15, 0.2) is 48.0 Å². The second-order valence-electron chi connectivity index (χ2n) is 6.22. The fourth-order valence-electron chi connectivity index (χ4n) is 3.34. The van der Waals surface area contributed by atoms with E-state index in [9.17, 15) is 14.7 Å². The number of likely N-dealkylation sites (tertiary alicyclic amines) is 1. The molecule has 0 aromatic heterocycles. The molecule has 0 aliphatic carbocycles. The van der Waals surface area contributed by atoms with Crippen molar-refractivity contribution in [3.8, 4) is 17.2 Å². The van der Waals surface area contributed by atoms with Gasteiger partial charge in [-0.05, 0) is 24.3 Å². The number of benzene rings is 2. The number of amides is 1. The van der Waals surface area contributed by atoms with Crippen LogP contribution >= 0.6 is 0 Å². The zero-order valence-corrected chi connectivity index (χ0v) is 16.1. The molecule has 1 aliphatic rings. The number of aliphatic hydroxyl groups excluding tert-OH is 1. The van der Waals surface area contributed by atoms with Crippen LogP contribution in [0.5, 0.6) is 17.2 Å². The first kappa shape index (κ1) is 19.3. The number of likely N-dealkylation sites (N-methyl/N-ethyl adjacent to an activating group) is 1. The molecule has 2 aromatic rings. The van der Waals surface area contributed by atoms with Crippen LogP contribution in [0, 0.1) is 0 Å². The van der Waals surface area contributed by atoms with Gasteiger partial charge in [-0.2, -0.15) is 0 Å². The standard InChI is InChI=1S/C21H21NO6/c1-22-18(13-7-5-6-8-14(13)26-2)17(20(24)21(22)25)19(23)12-9-10-15(27-3)16(11-12)28-4/h5-11,18,23H,1-4H3/t18-/m0/s1. The maximum absolute atomic E-state index is 12.7. The molecule has 1 saturated heterocycles. The van der Waals surface area contributed by atoms with E-state index in [1.165, 1.54) is 33.3 Å². The van der Waals surface area contributed by atoms with Gasteiger partial charge in [0.1, 0.15) is 11.5 Å². The van der Waals surface area contributed by atoms with E-state index in [1.54, 1.807) is 42.5 Å². The molecule has 1 fully saturated rings. The van der Waals surface area contributed by atoms with Crippen LogP contribution in [0.25, 0.3) is 5.76 Å². The molecule has 2 aromatic carbocycles. The summed E-state index contributed by atoms with van der Waals surface area (Å²) >= 11 is 0. The summed E-state index contributed by atoms with van der Waals surface area (Å²) in [7, 11) is 6.00. The summed E-state index contributed by atoms with van der Waals surface area (Å²) in [6.45, 7) is 0. The van der Waals surface area contributed by atoms with Crippen molar-refractivity contribution in [3.63, 3.8) is 0 Å². The second kappa shape index (κ2) is 7.64. The van der Waals surface area contributed by atoms with Crippen molar-refractivity contribution in [2.24, 2.45) is 0 Å². The number of aliphatic hydroxyl groups is 1. The SMILES string of the molecule is COc1ccc(C(O)=C2C(=O)C(=O)N(C)[C@H]2c2ccccc2OC)cc1OC. The Labute approximate surface area is 162 Å². The van der Waals surface area contributed by atoms with Gasteiger partial charge in [0.05, 0.1) is 32.9 Å². The zero-order chi connectivity index (χ0) is 20.4. The highest BCUT2D eigenvalue weighted by Crippen LogP contribution is 2.42. The van der Waals surface area contributed by atoms with E-state index in [2.05, 4.69) is 0 Å². The lowest BCUT2D eigenvalue weighted by Gasteiger charge is -2.23. The third kappa shape index (κ3) is 3.05. The number of hydrogen-bond acceptors (Lipinski definition) is 6. The Morgan fingerprint density at radius 1 is 0.929 bits per heavy atom. The molecule has 1 N–H and O–H groups in total. The minimum Gasteiger partial charge on any atom is -0.507 e. The summed E-state index contributed by atoms with van der Waals surface area (Å²) in [5.74, 6) is -0.356. The Morgan fingerprint density at radius 2 is 1.57 bits per heavy atom. The molecule has 28 heavy (non-hydrogen) atoms. The van der Waals surface area contributed by atoms with Gasteiger partial charge < -0.3 is 24.2 Å². The Bertz CT molecular complexity index is 965. The summed E-state index contributed by atoms with van der Waals surface area (Å²) in [4.78, 5) is 26.4. The van der Waals surface area contributed by atoms with Gasteiger partial charge in [0, 0.05) is 18.2 Å². The average molecular weight is 383 g/mol. The van der Waals surface area contributed by atoms with Crippen LogP contribution in [0.1, 0.15) is 17.2 Å². The molecule has 1 aliphatic heterocycles. The van der Waals surface area contributed by atoms with Crippen LogP contribution in [0.3, 0.4) is 0 Å². The number of carbonyl (C=O) groups excluding carboxylic acids is 2. The topological polar surface area (TPSA) is 85.3 Å². The number of methoxy groups -OCH3 is 3. The highest BCUT2D eigenvalue weighted by atomic mass is 16.5. The van der Waals surface area contributed by atoms with Crippen molar-refractivity contribution < 1.29 is 28.9 Å². The van der Waals surface area contributed by atoms with Crippen molar-refractivity contribution in [2.75, 3.05) is 28.4 Å². The van der Waals surface area contributed by atoms with E-state index >= 15 is 0 Å². The Morgan fingerprint density at radius 3 is 2.21 bits per heavy atom. The van der Waals surface area contributed by atoms with Gasteiger partial charge in [-0.15, -0.1) is 0 Å². The normalized spacial score (nSPS) is 18.3. The molecular weight excluding hydrogens is 362 g/mol. The van der Waals surface area contributed by atoms with Crippen LogP contribution in [-0.2, 0) is 9.59 Å². The Hall–Kier alpha value is -3.48. The monoisotopic (exact) mass is 383 g/mol. The van der Waals surface area contributed by atoms with Crippen LogP contribution < -0.4 is 14.2 Å². The third-order valence-corrected chi connectivity index (χ3v) is 4.77. The van der Waals surface area contributed by atoms with Crippen molar-refractivity contribution >= 4 is 17.4 Å². The molecule has 146 valence electrons. The zero-order valence-electron chi connectivity index (χ0n) is 16.1. The molecule has 3 rings (SSSR count). The van der Waals surface area contributed by atoms with E-state index in [0.717, 1.165) is 0 Å². The summed E-state index contributed by atoms with van der Waals surface area (Å²) in [5, 5.41) is 10.9. The van der Waals surface area contributed by atoms with E-state index in [0.29, 0.717) is 28.4 Å². The lowest BCUT2D eigenvalue weighted by atomic mass is 9.94. The smallest absolute Gasteiger partial charge is 0.295 e. The van der Waals surface area contributed by atoms with Crippen molar-refractivity contribution in [3.05, 3.63) is 59.2 Å². The highest BCUT2D eigenvalue weighted by molar-refractivity contribution is 6.46. The van der Waals surface area contributed by atoms with Crippen LogP contribution in [0.2, 0.25) is 0 Å². The average Bonchev–Trinajstić information content (AvgIpc) is 2.96. The largest absolute Gasteiger partial charge is 0.507 e. The molecule has 7 nitrogen and oxygen atoms in total. The molecular formula is C21H21NO6. The van der Waals surface area contributed by atoms with E-state index in [4.69, 9.17) is 14.2 Å². The molecule has 1 heterocycles. The lowest BCUT2D eigenvalue weighted by molar-refractivity contribution is -0.139. The number of para-hydroxylation sites is 1. The van der Waals surface area contributed by atoms with Gasteiger partial charge in [0.15, 0.2) is 11.5 Å². The number of rotatable bonds is 5. The summed E-state index contributed by atoms with van der Waals surface area (Å²) in [5.41, 5.74) is 0.932. The van der Waals surface area contributed by atoms with Crippen LogP contribution in [0.4, 0.5) is 0 Å². The van der Waals surface area contributed by atoms with Gasteiger partial charge in [-0.1, -0.05) is 18.2 Å². The maximum atomic E-state index is 12.7. The third-order valence-electron chi connectivity index (χ3n) is 4.77. The Balaban J connectivity index is 2.21. The number of Topliss-reactive ketones (excluding diaryl/α,β-unsaturated/α-hetero) is 1. The van der Waals surface area contributed by atoms with Gasteiger partial charge in [-0.25, -0.2) is 0 Å². The predicted molar refractivity (Wildman–Crippen MR) is 103 cm³/mol. The van der Waals surface area contributed by atoms with Gasteiger partial charge in [0.25, 0.3) is 11.7 Å². The van der Waals surface area contributed by atoms with E-state index in [1.807, 2.05) is 0 Å². The number of ether oxygens (including phenoxy) is 3. The van der Waals surface area contributed by atoms with Crippen molar-refractivity contribution in [1.82, 2.24) is 4.90 Å². The van der Waals surface area contributed by atoms with Crippen molar-refractivity contribution in [1.29, 1.82) is 0 Å². The Kier molecular flexibility index (Phi) is 5.26. The summed E-state index contributed by atoms with van der Waals surface area (Å²) < 4.78 is 15.9. The van der Waals surface area contributed by atoms with Gasteiger partial charge in [0.2, 0.25) is 0 Å². The number of ketones is 1. The number of hydrogen-bond donors (Lipinski definition) is 1. The molecule has 0 saturated carbocycles. The van der Waals surface area contributed by atoms with E-state index < -0.39 is 17.7 Å². The highest BCUT2D eigenvalue weighted by Gasteiger charge is 2.45. The lowest BCUT2D eigenvalue weighted by Crippen LogP contribution is -2.25. The molecule has 1 amide bonds. The maximum Gasteiger partial charge on any atom is 0.295 e. The predicted octanol–water partition coefficient (Wildman–Crippen LogP) is 2.76. The first-order chi connectivity index (χ1) is 13.4. The van der Waals surface area contributed by atoms with Crippen molar-refractivity contribution in [2.45, 2.75) is 6.04 Å². The second-order valence-corrected chi connectivity index (χ2v) is 6.22. The van der Waals surface area contributed by atoms with Gasteiger partial charge >= 0.3 is 0 Å². The molecule has 0 spiro atoms. The fourth-order valence-corrected chi connectivity index (χ4v) is 3.34.